The molecular formula is C22H29F2N5. The van der Waals surface area contributed by atoms with E-state index < -0.39 is 11.6 Å². The number of halogens is 2. The molecule has 2 N–H and O–H groups in total. The Hall–Kier alpha value is -2.54. The van der Waals surface area contributed by atoms with Crippen LogP contribution in [-0.2, 0) is 6.54 Å². The lowest BCUT2D eigenvalue weighted by Gasteiger charge is -2.33. The molecule has 1 aliphatic rings. The minimum Gasteiger partial charge on any atom is -0.356 e. The summed E-state index contributed by atoms with van der Waals surface area (Å²) in [6.07, 6.45) is 3.90. The molecule has 3 rings (SSSR count). The Morgan fingerprint density at radius 3 is 2.66 bits per heavy atom. The molecule has 1 aromatic carbocycles. The highest BCUT2D eigenvalue weighted by molar-refractivity contribution is 5.80. The molecule has 156 valence electrons. The summed E-state index contributed by atoms with van der Waals surface area (Å²) in [5, 5.41) is 6.78. The van der Waals surface area contributed by atoms with Gasteiger partial charge in [0.15, 0.2) is 17.6 Å². The third-order valence-corrected chi connectivity index (χ3v) is 5.35. The SMILES string of the molecule is CN=C(NCC(C)c1ccc(F)c(F)c1)NC1CCN(Cc2ccccn2)CC1. The van der Waals surface area contributed by atoms with Crippen molar-refractivity contribution in [1.29, 1.82) is 0 Å². The molecular weight excluding hydrogens is 372 g/mol. The summed E-state index contributed by atoms with van der Waals surface area (Å²) >= 11 is 0. The third kappa shape index (κ3) is 6.22. The first kappa shape index (κ1) is 21.2. The Bertz CT molecular complexity index is 804. The Morgan fingerprint density at radius 2 is 2.00 bits per heavy atom. The van der Waals surface area contributed by atoms with E-state index in [4.69, 9.17) is 0 Å². The lowest BCUT2D eigenvalue weighted by Crippen LogP contribution is -2.49. The van der Waals surface area contributed by atoms with Crippen molar-refractivity contribution < 1.29 is 8.78 Å². The average molecular weight is 402 g/mol. The number of pyridine rings is 1. The Labute approximate surface area is 171 Å². The molecule has 0 aliphatic carbocycles. The maximum Gasteiger partial charge on any atom is 0.191 e. The standard InChI is InChI=1S/C22H29F2N5/c1-16(17-6-7-20(23)21(24)13-17)14-27-22(25-2)28-18-8-11-29(12-9-18)15-19-5-3-4-10-26-19/h3-7,10,13,16,18H,8-9,11-12,14-15H2,1-2H3,(H2,25,27,28). The number of rotatable bonds is 6. The van der Waals surface area contributed by atoms with Crippen LogP contribution in [0.5, 0.6) is 0 Å². The quantitative estimate of drug-likeness (QED) is 0.576. The fraction of sp³-hybridized carbons (Fsp3) is 0.455. The van der Waals surface area contributed by atoms with Crippen molar-refractivity contribution >= 4 is 5.96 Å². The van der Waals surface area contributed by atoms with Gasteiger partial charge in [-0.25, -0.2) is 8.78 Å². The number of guanidine groups is 1. The molecule has 0 radical (unpaired) electrons. The van der Waals surface area contributed by atoms with Gasteiger partial charge in [0.05, 0.1) is 5.69 Å². The van der Waals surface area contributed by atoms with E-state index in [2.05, 4.69) is 31.6 Å². The summed E-state index contributed by atoms with van der Waals surface area (Å²) in [7, 11) is 1.74. The number of piperidine rings is 1. The van der Waals surface area contributed by atoms with Crippen LogP contribution in [0.4, 0.5) is 8.78 Å². The van der Waals surface area contributed by atoms with Crippen LogP contribution in [0.3, 0.4) is 0 Å². The van der Waals surface area contributed by atoms with E-state index in [0.717, 1.165) is 49.7 Å². The van der Waals surface area contributed by atoms with Crippen LogP contribution < -0.4 is 10.6 Å². The smallest absolute Gasteiger partial charge is 0.191 e. The third-order valence-electron chi connectivity index (χ3n) is 5.35. The van der Waals surface area contributed by atoms with Gasteiger partial charge in [0.1, 0.15) is 0 Å². The van der Waals surface area contributed by atoms with Crippen molar-refractivity contribution in [1.82, 2.24) is 20.5 Å². The van der Waals surface area contributed by atoms with Crippen molar-refractivity contribution in [2.75, 3.05) is 26.7 Å². The Kier molecular flexibility index (Phi) is 7.52. The summed E-state index contributed by atoms with van der Waals surface area (Å²) < 4.78 is 26.6. The highest BCUT2D eigenvalue weighted by Gasteiger charge is 2.20. The minimum absolute atomic E-state index is 0.0314. The molecule has 1 fully saturated rings. The maximum atomic E-state index is 13.4. The largest absolute Gasteiger partial charge is 0.356 e. The molecule has 0 spiro atoms. The van der Waals surface area contributed by atoms with Crippen molar-refractivity contribution in [3.63, 3.8) is 0 Å². The monoisotopic (exact) mass is 401 g/mol. The molecule has 1 atom stereocenters. The molecule has 5 nitrogen and oxygen atoms in total. The fourth-order valence-corrected chi connectivity index (χ4v) is 3.53. The van der Waals surface area contributed by atoms with Crippen LogP contribution in [0.25, 0.3) is 0 Å². The number of hydrogen-bond donors (Lipinski definition) is 2. The van der Waals surface area contributed by atoms with Crippen LogP contribution in [0.15, 0.2) is 47.6 Å². The van der Waals surface area contributed by atoms with Gasteiger partial charge in [-0.05, 0) is 48.6 Å². The molecule has 0 saturated carbocycles. The summed E-state index contributed by atoms with van der Waals surface area (Å²) in [4.78, 5) is 11.1. The second kappa shape index (κ2) is 10.3. The second-order valence-electron chi connectivity index (χ2n) is 7.54. The van der Waals surface area contributed by atoms with Crippen LogP contribution in [0.1, 0.15) is 36.9 Å². The molecule has 7 heteroatoms. The van der Waals surface area contributed by atoms with Crippen molar-refractivity contribution in [2.24, 2.45) is 4.99 Å². The van der Waals surface area contributed by atoms with Crippen molar-refractivity contribution in [2.45, 2.75) is 38.3 Å². The van der Waals surface area contributed by atoms with Gasteiger partial charge < -0.3 is 10.6 Å². The van der Waals surface area contributed by atoms with E-state index in [1.54, 1.807) is 13.1 Å². The van der Waals surface area contributed by atoms with E-state index >= 15 is 0 Å². The molecule has 2 aromatic rings. The molecule has 29 heavy (non-hydrogen) atoms. The van der Waals surface area contributed by atoms with Crippen molar-refractivity contribution in [3.8, 4) is 0 Å². The van der Waals surface area contributed by atoms with E-state index in [-0.39, 0.29) is 5.92 Å². The number of aliphatic imine (C=N–C) groups is 1. The first-order valence-corrected chi connectivity index (χ1v) is 10.1. The maximum absolute atomic E-state index is 13.4. The fourth-order valence-electron chi connectivity index (χ4n) is 3.53. The average Bonchev–Trinajstić information content (AvgIpc) is 2.74. The highest BCUT2D eigenvalue weighted by Crippen LogP contribution is 2.17. The molecule has 1 aromatic heterocycles. The van der Waals surface area contributed by atoms with Crippen LogP contribution in [-0.4, -0.2) is 48.6 Å². The molecule has 1 unspecified atom stereocenters. The molecule has 2 heterocycles. The van der Waals surface area contributed by atoms with Gasteiger partial charge >= 0.3 is 0 Å². The van der Waals surface area contributed by atoms with Gasteiger partial charge in [-0.2, -0.15) is 0 Å². The zero-order valence-corrected chi connectivity index (χ0v) is 17.0. The van der Waals surface area contributed by atoms with Gasteiger partial charge in [0.25, 0.3) is 0 Å². The zero-order chi connectivity index (χ0) is 20.6. The highest BCUT2D eigenvalue weighted by atomic mass is 19.2. The summed E-state index contributed by atoms with van der Waals surface area (Å²) in [6.45, 7) is 5.46. The van der Waals surface area contributed by atoms with Gasteiger partial charge in [-0.15, -0.1) is 0 Å². The molecule has 0 bridgehead atoms. The van der Waals surface area contributed by atoms with Gasteiger partial charge in [-0.1, -0.05) is 19.1 Å². The molecule has 1 saturated heterocycles. The van der Waals surface area contributed by atoms with Crippen LogP contribution in [0, 0.1) is 11.6 Å². The molecule has 0 amide bonds. The lowest BCUT2D eigenvalue weighted by atomic mass is 10.0. The zero-order valence-electron chi connectivity index (χ0n) is 17.0. The van der Waals surface area contributed by atoms with E-state index in [0.29, 0.717) is 12.6 Å². The predicted molar refractivity (Wildman–Crippen MR) is 112 cm³/mol. The van der Waals surface area contributed by atoms with Gasteiger partial charge in [-0.3, -0.25) is 14.9 Å². The minimum atomic E-state index is -0.819. The first-order chi connectivity index (χ1) is 14.0. The summed E-state index contributed by atoms with van der Waals surface area (Å²) in [5.41, 5.74) is 1.86. The van der Waals surface area contributed by atoms with E-state index in [1.165, 1.54) is 12.1 Å². The van der Waals surface area contributed by atoms with Gasteiger partial charge in [0, 0.05) is 45.5 Å². The van der Waals surface area contributed by atoms with Crippen LogP contribution >= 0.6 is 0 Å². The topological polar surface area (TPSA) is 52.6 Å². The summed E-state index contributed by atoms with van der Waals surface area (Å²) in [5.74, 6) is -0.860. The Balaban J connectivity index is 1.43. The Morgan fingerprint density at radius 1 is 1.21 bits per heavy atom. The first-order valence-electron chi connectivity index (χ1n) is 10.1. The number of likely N-dealkylation sites (tertiary alicyclic amines) is 1. The van der Waals surface area contributed by atoms with Crippen LogP contribution in [0.2, 0.25) is 0 Å². The second-order valence-corrected chi connectivity index (χ2v) is 7.54. The number of benzene rings is 1. The van der Waals surface area contributed by atoms with Gasteiger partial charge in [0.2, 0.25) is 0 Å². The number of aromatic nitrogens is 1. The normalized spacial score (nSPS) is 17.2. The van der Waals surface area contributed by atoms with E-state index in [9.17, 15) is 8.78 Å². The number of nitrogens with one attached hydrogen (secondary N) is 2. The predicted octanol–water partition coefficient (Wildman–Crippen LogP) is 3.29. The lowest BCUT2D eigenvalue weighted by molar-refractivity contribution is 0.196. The molecule has 1 aliphatic heterocycles. The number of nitrogens with zero attached hydrogens (tertiary/aromatic N) is 3. The van der Waals surface area contributed by atoms with Crippen molar-refractivity contribution in [3.05, 3.63) is 65.5 Å². The number of hydrogen-bond acceptors (Lipinski definition) is 3. The van der Waals surface area contributed by atoms with E-state index in [1.807, 2.05) is 25.3 Å². The summed E-state index contributed by atoms with van der Waals surface area (Å²) in [6, 6.07) is 10.4.